The summed E-state index contributed by atoms with van der Waals surface area (Å²) in [5.41, 5.74) is 2.40. The minimum absolute atomic E-state index is 0.0367. The van der Waals surface area contributed by atoms with Gasteiger partial charge in [-0.25, -0.2) is 4.98 Å². The largest absolute Gasteiger partial charge is 0.379 e. The van der Waals surface area contributed by atoms with Crippen LogP contribution in [0.15, 0.2) is 30.3 Å². The van der Waals surface area contributed by atoms with Crippen molar-refractivity contribution in [2.45, 2.75) is 33.2 Å². The maximum atomic E-state index is 13.6. The Balaban J connectivity index is 1.60. The van der Waals surface area contributed by atoms with Crippen LogP contribution in [0.1, 0.15) is 42.5 Å². The second kappa shape index (κ2) is 9.24. The smallest absolute Gasteiger partial charge is 0.278 e. The maximum Gasteiger partial charge on any atom is 0.278 e. The molecular formula is C22H29N5O2S. The molecule has 0 saturated carbocycles. The van der Waals surface area contributed by atoms with E-state index in [0.29, 0.717) is 12.2 Å². The van der Waals surface area contributed by atoms with Gasteiger partial charge in [-0.1, -0.05) is 23.5 Å². The molecule has 4 rings (SSSR count). The minimum atomic E-state index is -0.0367. The number of aromatic nitrogens is 3. The van der Waals surface area contributed by atoms with Crippen LogP contribution in [0, 0.1) is 6.92 Å². The Hall–Kier alpha value is -2.29. The van der Waals surface area contributed by atoms with Crippen molar-refractivity contribution < 1.29 is 9.53 Å². The number of carbonyl (C=O) groups excluding carboxylic acids is 1. The van der Waals surface area contributed by atoms with Gasteiger partial charge >= 0.3 is 0 Å². The van der Waals surface area contributed by atoms with Crippen molar-refractivity contribution in [1.29, 1.82) is 0 Å². The van der Waals surface area contributed by atoms with Crippen molar-refractivity contribution in [3.63, 3.8) is 0 Å². The standard InChI is InChI=1S/C22H29N5O2S/c1-16(2)27-19(15-17(3)24-27)21(28)26(10-6-9-25-11-13-29-14-12-25)22-23-18-7-4-5-8-20(18)30-22/h4-5,7-8,15-16H,6,9-14H2,1-3H3. The Morgan fingerprint density at radius 1 is 1.27 bits per heavy atom. The molecule has 1 aliphatic rings. The average molecular weight is 428 g/mol. The summed E-state index contributed by atoms with van der Waals surface area (Å²) in [5.74, 6) is -0.0367. The molecule has 160 valence electrons. The van der Waals surface area contributed by atoms with Crippen LogP contribution in [-0.2, 0) is 4.74 Å². The summed E-state index contributed by atoms with van der Waals surface area (Å²) in [4.78, 5) is 22.6. The molecule has 0 radical (unpaired) electrons. The van der Waals surface area contributed by atoms with Crippen molar-refractivity contribution in [1.82, 2.24) is 19.7 Å². The van der Waals surface area contributed by atoms with E-state index in [1.807, 2.05) is 54.6 Å². The van der Waals surface area contributed by atoms with Gasteiger partial charge in [-0.2, -0.15) is 5.10 Å². The number of hydrogen-bond acceptors (Lipinski definition) is 6. The van der Waals surface area contributed by atoms with Crippen LogP contribution in [0.2, 0.25) is 0 Å². The summed E-state index contributed by atoms with van der Waals surface area (Å²) in [6.45, 7) is 11.1. The van der Waals surface area contributed by atoms with E-state index in [1.165, 1.54) is 0 Å². The number of hydrogen-bond donors (Lipinski definition) is 0. The topological polar surface area (TPSA) is 63.5 Å². The summed E-state index contributed by atoms with van der Waals surface area (Å²) >= 11 is 1.57. The fourth-order valence-electron chi connectivity index (χ4n) is 3.75. The van der Waals surface area contributed by atoms with Crippen LogP contribution in [0.4, 0.5) is 5.13 Å². The summed E-state index contributed by atoms with van der Waals surface area (Å²) in [6.07, 6.45) is 0.885. The number of fused-ring (bicyclic) bond motifs is 1. The molecule has 3 aromatic rings. The number of para-hydroxylation sites is 1. The molecule has 1 aliphatic heterocycles. The average Bonchev–Trinajstić information content (AvgIpc) is 3.35. The van der Waals surface area contributed by atoms with Gasteiger partial charge in [0, 0.05) is 32.2 Å². The first-order valence-corrected chi connectivity index (χ1v) is 11.4. The first kappa shape index (κ1) is 21.0. The summed E-state index contributed by atoms with van der Waals surface area (Å²) in [6, 6.07) is 10.0. The molecule has 3 heterocycles. The highest BCUT2D eigenvalue weighted by Gasteiger charge is 2.26. The number of morpholine rings is 1. The normalized spacial score (nSPS) is 15.2. The number of nitrogens with zero attached hydrogens (tertiary/aromatic N) is 5. The van der Waals surface area contributed by atoms with Gasteiger partial charge in [0.15, 0.2) is 5.13 Å². The Labute approximate surface area is 181 Å². The molecule has 1 saturated heterocycles. The second-order valence-electron chi connectivity index (χ2n) is 7.94. The lowest BCUT2D eigenvalue weighted by Crippen LogP contribution is -2.39. The van der Waals surface area contributed by atoms with Gasteiger partial charge < -0.3 is 4.74 Å². The number of rotatable bonds is 7. The van der Waals surface area contributed by atoms with Crippen LogP contribution >= 0.6 is 11.3 Å². The van der Waals surface area contributed by atoms with Gasteiger partial charge in [-0.15, -0.1) is 0 Å². The number of carbonyl (C=O) groups is 1. The van der Waals surface area contributed by atoms with Gasteiger partial charge in [-0.05, 0) is 45.4 Å². The van der Waals surface area contributed by atoms with E-state index in [1.54, 1.807) is 11.3 Å². The Morgan fingerprint density at radius 2 is 2.03 bits per heavy atom. The maximum absolute atomic E-state index is 13.6. The summed E-state index contributed by atoms with van der Waals surface area (Å²) in [7, 11) is 0. The number of amides is 1. The minimum Gasteiger partial charge on any atom is -0.379 e. The molecule has 1 amide bonds. The van der Waals surface area contributed by atoms with E-state index in [4.69, 9.17) is 9.72 Å². The number of aryl methyl sites for hydroxylation is 1. The Bertz CT molecular complexity index is 973. The predicted octanol–water partition coefficient (Wildman–Crippen LogP) is 3.75. The quantitative estimate of drug-likeness (QED) is 0.575. The van der Waals surface area contributed by atoms with Crippen molar-refractivity contribution in [3.05, 3.63) is 41.7 Å². The lowest BCUT2D eigenvalue weighted by Gasteiger charge is -2.28. The predicted molar refractivity (Wildman–Crippen MR) is 121 cm³/mol. The molecule has 0 unspecified atom stereocenters. The first-order valence-electron chi connectivity index (χ1n) is 10.6. The van der Waals surface area contributed by atoms with E-state index < -0.39 is 0 Å². The van der Waals surface area contributed by atoms with Gasteiger partial charge in [0.05, 0.1) is 29.1 Å². The van der Waals surface area contributed by atoms with Crippen LogP contribution in [0.25, 0.3) is 10.2 Å². The SMILES string of the molecule is Cc1cc(C(=O)N(CCCN2CCOCC2)c2nc3ccccc3s2)n(C(C)C)n1. The highest BCUT2D eigenvalue weighted by atomic mass is 32.1. The molecule has 1 fully saturated rings. The lowest BCUT2D eigenvalue weighted by molar-refractivity contribution is 0.0376. The first-order chi connectivity index (χ1) is 14.5. The molecule has 0 atom stereocenters. The Morgan fingerprint density at radius 3 is 2.77 bits per heavy atom. The molecule has 7 nitrogen and oxygen atoms in total. The lowest BCUT2D eigenvalue weighted by atomic mass is 10.2. The van der Waals surface area contributed by atoms with E-state index in [0.717, 1.165) is 60.3 Å². The van der Waals surface area contributed by atoms with Gasteiger partial charge in [0.2, 0.25) is 0 Å². The third-order valence-electron chi connectivity index (χ3n) is 5.28. The molecular weight excluding hydrogens is 398 g/mol. The zero-order chi connectivity index (χ0) is 21.1. The summed E-state index contributed by atoms with van der Waals surface area (Å²) in [5, 5.41) is 5.28. The van der Waals surface area contributed by atoms with E-state index in [9.17, 15) is 4.79 Å². The molecule has 0 N–H and O–H groups in total. The zero-order valence-corrected chi connectivity index (χ0v) is 18.7. The zero-order valence-electron chi connectivity index (χ0n) is 17.9. The van der Waals surface area contributed by atoms with E-state index in [2.05, 4.69) is 16.1 Å². The number of benzene rings is 1. The van der Waals surface area contributed by atoms with E-state index in [-0.39, 0.29) is 11.9 Å². The van der Waals surface area contributed by atoms with Gasteiger partial charge in [0.25, 0.3) is 5.91 Å². The van der Waals surface area contributed by atoms with Crippen molar-refractivity contribution in [2.24, 2.45) is 0 Å². The Kier molecular flexibility index (Phi) is 6.46. The molecule has 0 aliphatic carbocycles. The third-order valence-corrected chi connectivity index (χ3v) is 6.34. The molecule has 0 bridgehead atoms. The second-order valence-corrected chi connectivity index (χ2v) is 8.95. The molecule has 0 spiro atoms. The van der Waals surface area contributed by atoms with Crippen molar-refractivity contribution >= 4 is 32.6 Å². The van der Waals surface area contributed by atoms with Crippen LogP contribution in [0.3, 0.4) is 0 Å². The van der Waals surface area contributed by atoms with Gasteiger partial charge in [-0.3, -0.25) is 19.3 Å². The highest BCUT2D eigenvalue weighted by Crippen LogP contribution is 2.30. The van der Waals surface area contributed by atoms with Gasteiger partial charge in [0.1, 0.15) is 5.69 Å². The van der Waals surface area contributed by atoms with Crippen LogP contribution in [-0.4, -0.2) is 65.0 Å². The summed E-state index contributed by atoms with van der Waals surface area (Å²) < 4.78 is 8.35. The monoisotopic (exact) mass is 427 g/mol. The van der Waals surface area contributed by atoms with Crippen LogP contribution in [0.5, 0.6) is 0 Å². The number of ether oxygens (including phenoxy) is 1. The molecule has 8 heteroatoms. The number of thiazole rings is 1. The van der Waals surface area contributed by atoms with Crippen molar-refractivity contribution in [2.75, 3.05) is 44.3 Å². The fourth-order valence-corrected chi connectivity index (χ4v) is 4.74. The molecule has 2 aromatic heterocycles. The fraction of sp³-hybridized carbons (Fsp3) is 0.500. The third kappa shape index (κ3) is 4.55. The van der Waals surface area contributed by atoms with Crippen LogP contribution < -0.4 is 4.90 Å². The molecule has 30 heavy (non-hydrogen) atoms. The van der Waals surface area contributed by atoms with E-state index >= 15 is 0 Å². The highest BCUT2D eigenvalue weighted by molar-refractivity contribution is 7.22. The number of anilines is 1. The van der Waals surface area contributed by atoms with Crippen molar-refractivity contribution in [3.8, 4) is 0 Å². The molecule has 1 aromatic carbocycles.